The highest BCUT2D eigenvalue weighted by Gasteiger charge is 2.37. The first-order valence-electron chi connectivity index (χ1n) is 10.8. The highest BCUT2D eigenvalue weighted by molar-refractivity contribution is 7.18. The molecule has 0 fully saturated rings. The summed E-state index contributed by atoms with van der Waals surface area (Å²) < 4.78 is 115. The summed E-state index contributed by atoms with van der Waals surface area (Å²) in [7, 11) is 1.07. The number of ether oxygens (including phenoxy) is 1. The fourth-order valence-electron chi connectivity index (χ4n) is 3.87. The predicted octanol–water partition coefficient (Wildman–Crippen LogP) is 7.49. The molecule has 0 aliphatic heterocycles. The van der Waals surface area contributed by atoms with Gasteiger partial charge in [-0.1, -0.05) is 6.07 Å². The Morgan fingerprint density at radius 2 is 1.56 bits per heavy atom. The molecule has 39 heavy (non-hydrogen) atoms. The van der Waals surface area contributed by atoms with Gasteiger partial charge < -0.3 is 9.30 Å². The average molecular weight is 570 g/mol. The van der Waals surface area contributed by atoms with E-state index in [1.807, 2.05) is 0 Å². The number of alkyl halides is 6. The van der Waals surface area contributed by atoms with Crippen molar-refractivity contribution in [3.8, 4) is 32.8 Å². The standard InChI is InChI=1S/C26H14F8N2O2S/c1-38-21-5-3-13(8-18(21)26(32,33)34)22-6-7-23(39-22)20-10-17(25(29,30)31)16(11-35)24(37)36(20)12-14-2-4-15(27)9-19(14)28/h2-10H,12H2,1H3. The first-order chi connectivity index (χ1) is 18.2. The number of rotatable bonds is 5. The van der Waals surface area contributed by atoms with Crippen molar-refractivity contribution >= 4 is 11.3 Å². The van der Waals surface area contributed by atoms with Crippen molar-refractivity contribution < 1.29 is 39.9 Å². The van der Waals surface area contributed by atoms with Gasteiger partial charge in [0.05, 0.1) is 35.4 Å². The zero-order chi connectivity index (χ0) is 28.7. The van der Waals surface area contributed by atoms with E-state index in [0.29, 0.717) is 12.1 Å². The van der Waals surface area contributed by atoms with E-state index in [2.05, 4.69) is 0 Å². The van der Waals surface area contributed by atoms with Gasteiger partial charge in [0.1, 0.15) is 29.0 Å². The van der Waals surface area contributed by atoms with Gasteiger partial charge in [0.25, 0.3) is 5.56 Å². The van der Waals surface area contributed by atoms with Crippen LogP contribution in [0.15, 0.2) is 59.4 Å². The molecule has 0 spiro atoms. The third-order valence-electron chi connectivity index (χ3n) is 5.71. The third kappa shape index (κ3) is 5.51. The Hall–Kier alpha value is -4.18. The number of halogens is 8. The molecule has 0 unspecified atom stereocenters. The van der Waals surface area contributed by atoms with Gasteiger partial charge >= 0.3 is 12.4 Å². The Morgan fingerprint density at radius 3 is 2.15 bits per heavy atom. The first-order valence-corrected chi connectivity index (χ1v) is 11.6. The molecule has 4 rings (SSSR count). The second-order valence-corrected chi connectivity index (χ2v) is 9.22. The number of hydrogen-bond donors (Lipinski definition) is 0. The van der Waals surface area contributed by atoms with Gasteiger partial charge in [0.2, 0.25) is 0 Å². The van der Waals surface area contributed by atoms with Gasteiger partial charge in [-0.3, -0.25) is 4.79 Å². The predicted molar refractivity (Wildman–Crippen MR) is 126 cm³/mol. The molecule has 0 aliphatic rings. The second-order valence-electron chi connectivity index (χ2n) is 8.13. The van der Waals surface area contributed by atoms with Gasteiger partial charge in [-0.05, 0) is 48.0 Å². The van der Waals surface area contributed by atoms with Crippen LogP contribution in [0.5, 0.6) is 5.75 Å². The van der Waals surface area contributed by atoms with E-state index in [1.165, 1.54) is 24.3 Å². The maximum absolute atomic E-state index is 14.4. The normalized spacial score (nSPS) is 11.9. The van der Waals surface area contributed by atoms with E-state index >= 15 is 0 Å². The Bertz CT molecular complexity index is 1660. The molecule has 202 valence electrons. The summed E-state index contributed by atoms with van der Waals surface area (Å²) in [6.07, 6.45) is -9.85. The minimum absolute atomic E-state index is 0.0176. The molecule has 0 N–H and O–H groups in total. The largest absolute Gasteiger partial charge is 0.496 e. The minimum Gasteiger partial charge on any atom is -0.496 e. The van der Waals surface area contributed by atoms with Crippen molar-refractivity contribution in [3.63, 3.8) is 0 Å². The molecule has 2 heterocycles. The van der Waals surface area contributed by atoms with E-state index in [1.54, 1.807) is 0 Å². The number of aromatic nitrogens is 1. The summed E-state index contributed by atoms with van der Waals surface area (Å²) in [5, 5.41) is 9.31. The average Bonchev–Trinajstić information content (AvgIpc) is 3.35. The van der Waals surface area contributed by atoms with Gasteiger partial charge in [-0.25, -0.2) is 8.78 Å². The van der Waals surface area contributed by atoms with Crippen LogP contribution in [0.4, 0.5) is 35.1 Å². The van der Waals surface area contributed by atoms with E-state index in [0.717, 1.165) is 47.3 Å². The van der Waals surface area contributed by atoms with Crippen molar-refractivity contribution in [2.45, 2.75) is 18.9 Å². The number of nitrogens with zero attached hydrogens (tertiary/aromatic N) is 2. The minimum atomic E-state index is -5.10. The molecule has 2 aromatic carbocycles. The summed E-state index contributed by atoms with van der Waals surface area (Å²) in [5.41, 5.74) is -5.73. The number of thiophene rings is 1. The fraction of sp³-hybridized carbons (Fsp3) is 0.154. The summed E-state index contributed by atoms with van der Waals surface area (Å²) in [4.78, 5) is 13.3. The number of pyridine rings is 1. The van der Waals surface area contributed by atoms with Crippen molar-refractivity contribution in [1.82, 2.24) is 4.57 Å². The van der Waals surface area contributed by atoms with Gasteiger partial charge in [0, 0.05) is 16.5 Å². The molecule has 4 aromatic rings. The Kier molecular flexibility index (Phi) is 7.27. The summed E-state index contributed by atoms with van der Waals surface area (Å²) in [6.45, 7) is -0.652. The highest BCUT2D eigenvalue weighted by atomic mass is 32.1. The molecule has 13 heteroatoms. The van der Waals surface area contributed by atoms with Gasteiger partial charge in [-0.2, -0.15) is 31.6 Å². The lowest BCUT2D eigenvalue weighted by Crippen LogP contribution is -2.28. The molecule has 0 amide bonds. The quantitative estimate of drug-likeness (QED) is 0.234. The van der Waals surface area contributed by atoms with Crippen molar-refractivity contribution in [1.29, 1.82) is 5.26 Å². The van der Waals surface area contributed by atoms with Crippen LogP contribution < -0.4 is 10.3 Å². The zero-order valence-corrected chi connectivity index (χ0v) is 20.4. The van der Waals surface area contributed by atoms with E-state index in [4.69, 9.17) is 4.74 Å². The van der Waals surface area contributed by atoms with E-state index < -0.39 is 58.5 Å². The van der Waals surface area contributed by atoms with Crippen LogP contribution in [0, 0.1) is 23.0 Å². The van der Waals surface area contributed by atoms with Crippen LogP contribution in [0.3, 0.4) is 0 Å². The number of methoxy groups -OCH3 is 1. The third-order valence-corrected chi connectivity index (χ3v) is 6.87. The Morgan fingerprint density at radius 1 is 0.897 bits per heavy atom. The van der Waals surface area contributed by atoms with Crippen LogP contribution in [-0.2, 0) is 18.9 Å². The summed E-state index contributed by atoms with van der Waals surface area (Å²) in [6, 6.07) is 10.1. The molecule has 4 nitrogen and oxygen atoms in total. The first kappa shape index (κ1) is 27.8. The molecule has 0 bridgehead atoms. The smallest absolute Gasteiger partial charge is 0.419 e. The van der Waals surface area contributed by atoms with E-state index in [-0.39, 0.29) is 26.6 Å². The van der Waals surface area contributed by atoms with Crippen LogP contribution in [0.25, 0.3) is 21.0 Å². The molecule has 0 saturated carbocycles. The van der Waals surface area contributed by atoms with Crippen molar-refractivity contribution in [3.05, 3.63) is 98.8 Å². The second kappa shape index (κ2) is 10.2. The maximum Gasteiger partial charge on any atom is 0.419 e. The van der Waals surface area contributed by atoms with Crippen LogP contribution >= 0.6 is 11.3 Å². The lowest BCUT2D eigenvalue weighted by atomic mass is 10.1. The fourth-order valence-corrected chi connectivity index (χ4v) is 4.90. The van der Waals surface area contributed by atoms with Crippen LogP contribution in [0.1, 0.15) is 22.3 Å². The van der Waals surface area contributed by atoms with Gasteiger partial charge in [-0.15, -0.1) is 11.3 Å². The summed E-state index contributed by atoms with van der Waals surface area (Å²) >= 11 is 0.773. The Labute approximate surface area is 218 Å². The molecule has 0 radical (unpaired) electrons. The van der Waals surface area contributed by atoms with Crippen LogP contribution in [-0.4, -0.2) is 11.7 Å². The molecular weight excluding hydrogens is 556 g/mol. The van der Waals surface area contributed by atoms with E-state index in [9.17, 15) is 45.2 Å². The lowest BCUT2D eigenvalue weighted by Gasteiger charge is -2.17. The van der Waals surface area contributed by atoms with Crippen molar-refractivity contribution in [2.75, 3.05) is 7.11 Å². The zero-order valence-electron chi connectivity index (χ0n) is 19.5. The van der Waals surface area contributed by atoms with Gasteiger partial charge in [0.15, 0.2) is 0 Å². The number of hydrogen-bond acceptors (Lipinski definition) is 4. The molecule has 0 saturated heterocycles. The SMILES string of the molecule is COc1ccc(-c2ccc(-c3cc(C(F)(F)F)c(C#N)c(=O)n3Cc3ccc(F)cc3F)s2)cc1C(F)(F)F. The summed E-state index contributed by atoms with van der Waals surface area (Å²) in [5.74, 6) is -2.43. The maximum atomic E-state index is 14.4. The molecule has 0 atom stereocenters. The highest BCUT2D eigenvalue weighted by Crippen LogP contribution is 2.42. The monoisotopic (exact) mass is 570 g/mol. The molecule has 0 aliphatic carbocycles. The number of benzene rings is 2. The molecular formula is C26H14F8N2O2S. The number of nitriles is 1. The Balaban J connectivity index is 1.92. The van der Waals surface area contributed by atoms with Crippen LogP contribution in [0.2, 0.25) is 0 Å². The van der Waals surface area contributed by atoms with Crippen molar-refractivity contribution in [2.24, 2.45) is 0 Å². The topological polar surface area (TPSA) is 55.0 Å². The lowest BCUT2D eigenvalue weighted by molar-refractivity contribution is -0.139. The molecule has 2 aromatic heterocycles.